The first-order valence-corrected chi connectivity index (χ1v) is 6.50. The molecule has 0 unspecified atom stereocenters. The number of aliphatic imine (C=N–C) groups is 1. The van der Waals surface area contributed by atoms with Gasteiger partial charge in [0.1, 0.15) is 18.2 Å². The molecule has 1 N–H and O–H groups in total. The zero-order valence-corrected chi connectivity index (χ0v) is 11.4. The highest BCUT2D eigenvalue weighted by Gasteiger charge is 2.02. The first-order chi connectivity index (χ1) is 9.85. The lowest BCUT2D eigenvalue weighted by Gasteiger charge is -2.03. The SMILES string of the molecule is S=C=Nc1ccc(OCc2nc3ccccc3[nH]2)cc1. The summed E-state index contributed by atoms with van der Waals surface area (Å²) in [6, 6.07) is 15.2. The van der Waals surface area contributed by atoms with Gasteiger partial charge in [-0.1, -0.05) is 12.1 Å². The smallest absolute Gasteiger partial charge is 0.146 e. The van der Waals surface area contributed by atoms with Crippen LogP contribution >= 0.6 is 12.2 Å². The number of aromatic nitrogens is 2. The third-order valence-corrected chi connectivity index (χ3v) is 2.92. The summed E-state index contributed by atoms with van der Waals surface area (Å²) < 4.78 is 5.67. The molecule has 0 saturated heterocycles. The monoisotopic (exact) mass is 281 g/mol. The molecule has 0 aliphatic rings. The maximum Gasteiger partial charge on any atom is 0.146 e. The fourth-order valence-corrected chi connectivity index (χ4v) is 2.00. The number of hydrogen-bond acceptors (Lipinski definition) is 4. The number of para-hydroxylation sites is 2. The van der Waals surface area contributed by atoms with E-state index in [0.717, 1.165) is 28.3 Å². The summed E-state index contributed by atoms with van der Waals surface area (Å²) in [5.74, 6) is 1.56. The van der Waals surface area contributed by atoms with Crippen LogP contribution in [0.5, 0.6) is 5.75 Å². The van der Waals surface area contributed by atoms with Crippen LogP contribution in [-0.4, -0.2) is 15.1 Å². The van der Waals surface area contributed by atoms with Crippen LogP contribution in [0.2, 0.25) is 0 Å². The summed E-state index contributed by atoms with van der Waals surface area (Å²) in [5, 5.41) is 2.33. The van der Waals surface area contributed by atoms with Crippen LogP contribution in [0.15, 0.2) is 53.5 Å². The van der Waals surface area contributed by atoms with E-state index in [1.54, 1.807) is 0 Å². The maximum absolute atomic E-state index is 5.67. The van der Waals surface area contributed by atoms with Crippen LogP contribution in [0.1, 0.15) is 5.82 Å². The number of imidazole rings is 1. The molecule has 0 aliphatic carbocycles. The normalized spacial score (nSPS) is 10.2. The average molecular weight is 281 g/mol. The Morgan fingerprint density at radius 3 is 2.70 bits per heavy atom. The molecule has 0 radical (unpaired) electrons. The third-order valence-electron chi connectivity index (χ3n) is 2.83. The van der Waals surface area contributed by atoms with Crippen LogP contribution in [-0.2, 0) is 6.61 Å². The highest BCUT2D eigenvalue weighted by molar-refractivity contribution is 7.78. The highest BCUT2D eigenvalue weighted by Crippen LogP contribution is 2.19. The molecular formula is C15H11N3OS. The third kappa shape index (κ3) is 2.74. The van der Waals surface area contributed by atoms with Gasteiger partial charge in [0, 0.05) is 0 Å². The van der Waals surface area contributed by atoms with Gasteiger partial charge in [0.05, 0.1) is 21.9 Å². The molecule has 0 amide bonds. The van der Waals surface area contributed by atoms with Crippen LogP contribution in [0, 0.1) is 0 Å². The van der Waals surface area contributed by atoms with Crippen LogP contribution in [0.4, 0.5) is 5.69 Å². The van der Waals surface area contributed by atoms with Crippen molar-refractivity contribution < 1.29 is 4.74 Å². The second-order valence-corrected chi connectivity index (χ2v) is 4.37. The largest absolute Gasteiger partial charge is 0.486 e. The Bertz CT molecular complexity index is 740. The van der Waals surface area contributed by atoms with Gasteiger partial charge in [0.2, 0.25) is 0 Å². The molecule has 3 rings (SSSR count). The number of aromatic amines is 1. The number of benzene rings is 2. The quantitative estimate of drug-likeness (QED) is 0.583. The van der Waals surface area contributed by atoms with Gasteiger partial charge in [0.25, 0.3) is 0 Å². The van der Waals surface area contributed by atoms with Crippen molar-refractivity contribution in [2.24, 2.45) is 4.99 Å². The van der Waals surface area contributed by atoms with Crippen molar-refractivity contribution in [2.75, 3.05) is 0 Å². The van der Waals surface area contributed by atoms with Crippen molar-refractivity contribution in [3.05, 3.63) is 54.4 Å². The molecule has 0 aliphatic heterocycles. The molecule has 0 atom stereocenters. The van der Waals surface area contributed by atoms with E-state index < -0.39 is 0 Å². The lowest BCUT2D eigenvalue weighted by Crippen LogP contribution is -1.96. The molecule has 1 aromatic heterocycles. The summed E-state index contributed by atoms with van der Waals surface area (Å²) >= 11 is 4.55. The number of ether oxygens (including phenoxy) is 1. The summed E-state index contributed by atoms with van der Waals surface area (Å²) in [6.45, 7) is 0.393. The summed E-state index contributed by atoms with van der Waals surface area (Å²) in [4.78, 5) is 11.6. The maximum atomic E-state index is 5.67. The Kier molecular flexibility index (Phi) is 3.54. The fraction of sp³-hybridized carbons (Fsp3) is 0.0667. The number of hydrogen-bond donors (Lipinski definition) is 1. The van der Waals surface area contributed by atoms with Gasteiger partial charge in [-0.25, -0.2) is 4.98 Å². The Morgan fingerprint density at radius 2 is 1.95 bits per heavy atom. The van der Waals surface area contributed by atoms with Crippen molar-refractivity contribution in [2.45, 2.75) is 6.61 Å². The molecule has 0 bridgehead atoms. The minimum Gasteiger partial charge on any atom is -0.486 e. The van der Waals surface area contributed by atoms with Gasteiger partial charge in [-0.05, 0) is 48.6 Å². The number of rotatable bonds is 4. The second kappa shape index (κ2) is 5.65. The lowest BCUT2D eigenvalue weighted by molar-refractivity contribution is 0.297. The van der Waals surface area contributed by atoms with Gasteiger partial charge in [-0.2, -0.15) is 4.99 Å². The van der Waals surface area contributed by atoms with E-state index in [9.17, 15) is 0 Å². The van der Waals surface area contributed by atoms with Gasteiger partial charge >= 0.3 is 0 Å². The van der Waals surface area contributed by atoms with Crippen molar-refractivity contribution in [3.63, 3.8) is 0 Å². The van der Waals surface area contributed by atoms with E-state index in [1.807, 2.05) is 48.5 Å². The van der Waals surface area contributed by atoms with Gasteiger partial charge in [-0.15, -0.1) is 0 Å². The minimum atomic E-state index is 0.393. The predicted molar refractivity (Wildman–Crippen MR) is 81.6 cm³/mol. The first-order valence-electron chi connectivity index (χ1n) is 6.09. The molecule has 0 saturated carbocycles. The topological polar surface area (TPSA) is 50.3 Å². The van der Waals surface area contributed by atoms with Crippen LogP contribution in [0.3, 0.4) is 0 Å². The standard InChI is InChI=1S/C15H11N3OS/c20-10-16-11-5-7-12(8-6-11)19-9-15-17-13-3-1-2-4-14(13)18-15/h1-8H,9H2,(H,17,18). The van der Waals surface area contributed by atoms with E-state index in [2.05, 4.69) is 32.3 Å². The summed E-state index contributed by atoms with van der Waals surface area (Å²) in [5.41, 5.74) is 2.71. The summed E-state index contributed by atoms with van der Waals surface area (Å²) in [7, 11) is 0. The Morgan fingerprint density at radius 1 is 1.15 bits per heavy atom. The minimum absolute atomic E-state index is 0.393. The number of H-pyrrole nitrogens is 1. The van der Waals surface area contributed by atoms with Gasteiger partial charge < -0.3 is 9.72 Å². The lowest BCUT2D eigenvalue weighted by atomic mass is 10.3. The molecule has 2 aromatic carbocycles. The fourth-order valence-electron chi connectivity index (χ4n) is 1.90. The van der Waals surface area contributed by atoms with Crippen LogP contribution < -0.4 is 4.74 Å². The first kappa shape index (κ1) is 12.5. The van der Waals surface area contributed by atoms with Gasteiger partial charge in [0.15, 0.2) is 0 Å². The number of isothiocyanates is 1. The number of thiocarbonyl (C=S) groups is 1. The molecule has 20 heavy (non-hydrogen) atoms. The number of nitrogens with one attached hydrogen (secondary N) is 1. The van der Waals surface area contributed by atoms with Crippen molar-refractivity contribution >= 4 is 34.1 Å². The molecule has 0 spiro atoms. The molecule has 3 aromatic rings. The number of fused-ring (bicyclic) bond motifs is 1. The van der Waals surface area contributed by atoms with Crippen molar-refractivity contribution in [1.29, 1.82) is 0 Å². The predicted octanol–water partition coefficient (Wildman–Crippen LogP) is 3.88. The summed E-state index contributed by atoms with van der Waals surface area (Å²) in [6.07, 6.45) is 0. The van der Waals surface area contributed by atoms with Crippen LogP contribution in [0.25, 0.3) is 11.0 Å². The molecule has 4 nitrogen and oxygen atoms in total. The highest BCUT2D eigenvalue weighted by atomic mass is 32.1. The van der Waals surface area contributed by atoms with Crippen molar-refractivity contribution in [3.8, 4) is 5.75 Å². The molecule has 98 valence electrons. The van der Waals surface area contributed by atoms with E-state index in [1.165, 1.54) is 0 Å². The molecule has 5 heteroatoms. The average Bonchev–Trinajstić information content (AvgIpc) is 2.90. The Labute approximate surface area is 121 Å². The molecule has 1 heterocycles. The van der Waals surface area contributed by atoms with E-state index in [-0.39, 0.29) is 0 Å². The zero-order valence-electron chi connectivity index (χ0n) is 10.5. The zero-order chi connectivity index (χ0) is 13.8. The van der Waals surface area contributed by atoms with E-state index in [0.29, 0.717) is 6.61 Å². The van der Waals surface area contributed by atoms with Gasteiger partial charge in [-0.3, -0.25) is 0 Å². The Hall–Kier alpha value is -2.49. The molecule has 0 fully saturated rings. The van der Waals surface area contributed by atoms with E-state index >= 15 is 0 Å². The Balaban J connectivity index is 1.70. The van der Waals surface area contributed by atoms with E-state index in [4.69, 9.17) is 4.74 Å². The number of nitrogens with zero attached hydrogens (tertiary/aromatic N) is 2. The second-order valence-electron chi connectivity index (χ2n) is 4.19. The molecular weight excluding hydrogens is 270 g/mol. The van der Waals surface area contributed by atoms with Crippen molar-refractivity contribution in [1.82, 2.24) is 9.97 Å².